The monoisotopic (exact) mass is 241 g/mol. The molecule has 3 nitrogen and oxygen atoms in total. The number of nitrogens with zero attached hydrogens (tertiary/aromatic N) is 2. The van der Waals surface area contributed by atoms with Gasteiger partial charge in [0.15, 0.2) is 0 Å². The van der Waals surface area contributed by atoms with Crippen LogP contribution in [0.15, 0.2) is 24.5 Å². The van der Waals surface area contributed by atoms with Gasteiger partial charge in [0.25, 0.3) is 5.92 Å². The molecule has 0 saturated carbocycles. The molecule has 0 aliphatic carbocycles. The van der Waals surface area contributed by atoms with Gasteiger partial charge in [-0.25, -0.2) is 8.78 Å². The van der Waals surface area contributed by atoms with Gasteiger partial charge in [0.1, 0.15) is 0 Å². The van der Waals surface area contributed by atoms with Crippen LogP contribution in [0.4, 0.5) is 8.78 Å². The van der Waals surface area contributed by atoms with E-state index < -0.39 is 5.92 Å². The molecule has 17 heavy (non-hydrogen) atoms. The highest BCUT2D eigenvalue weighted by Gasteiger charge is 2.31. The smallest absolute Gasteiger partial charge is 0.274 e. The maximum absolute atomic E-state index is 13.8. The molecule has 1 aliphatic rings. The third kappa shape index (κ3) is 3.44. The van der Waals surface area contributed by atoms with Crippen LogP contribution >= 0.6 is 0 Å². The molecular formula is C12H17F2N3. The zero-order valence-electron chi connectivity index (χ0n) is 9.70. The summed E-state index contributed by atoms with van der Waals surface area (Å²) in [6.45, 7) is 3.93. The number of nitrogens with one attached hydrogen (secondary N) is 1. The van der Waals surface area contributed by atoms with E-state index in [9.17, 15) is 8.78 Å². The number of pyridine rings is 1. The Bertz CT molecular complexity index is 337. The van der Waals surface area contributed by atoms with Crippen LogP contribution in [0, 0.1) is 0 Å². The van der Waals surface area contributed by atoms with E-state index in [-0.39, 0.29) is 12.0 Å². The van der Waals surface area contributed by atoms with Gasteiger partial charge in [0, 0.05) is 57.1 Å². The highest BCUT2D eigenvalue weighted by molar-refractivity contribution is 5.16. The number of hydrogen-bond acceptors (Lipinski definition) is 3. The molecule has 94 valence electrons. The molecule has 1 N–H and O–H groups in total. The normalized spacial score (nSPS) is 18.2. The largest absolute Gasteiger partial charge is 0.314 e. The van der Waals surface area contributed by atoms with Gasteiger partial charge in [-0.05, 0) is 12.1 Å². The molecule has 1 saturated heterocycles. The van der Waals surface area contributed by atoms with Crippen LogP contribution in [-0.4, -0.2) is 42.6 Å². The first-order valence-electron chi connectivity index (χ1n) is 5.90. The molecule has 1 aliphatic heterocycles. The first-order chi connectivity index (χ1) is 8.18. The summed E-state index contributed by atoms with van der Waals surface area (Å²) in [4.78, 5) is 5.83. The minimum absolute atomic E-state index is 0.0580. The van der Waals surface area contributed by atoms with E-state index in [4.69, 9.17) is 0 Å². The maximum Gasteiger partial charge on any atom is 0.274 e. The zero-order chi connectivity index (χ0) is 12.1. The molecular weight excluding hydrogens is 224 g/mol. The second-order valence-corrected chi connectivity index (χ2v) is 4.28. The molecule has 0 aromatic carbocycles. The van der Waals surface area contributed by atoms with Crippen molar-refractivity contribution in [2.75, 3.05) is 32.7 Å². The number of piperazine rings is 1. The second kappa shape index (κ2) is 5.51. The lowest BCUT2D eigenvalue weighted by Gasteiger charge is -2.28. The van der Waals surface area contributed by atoms with E-state index in [0.717, 1.165) is 26.2 Å². The highest BCUT2D eigenvalue weighted by atomic mass is 19.3. The Kier molecular flexibility index (Phi) is 4.02. The molecule has 5 heteroatoms. The lowest BCUT2D eigenvalue weighted by atomic mass is 10.1. The second-order valence-electron chi connectivity index (χ2n) is 4.28. The van der Waals surface area contributed by atoms with Crippen molar-refractivity contribution < 1.29 is 8.78 Å². The molecule has 0 atom stereocenters. The fraction of sp³-hybridized carbons (Fsp3) is 0.583. The predicted molar refractivity (Wildman–Crippen MR) is 62.1 cm³/mol. The summed E-state index contributed by atoms with van der Waals surface area (Å²) >= 11 is 0. The zero-order valence-corrected chi connectivity index (χ0v) is 9.70. The van der Waals surface area contributed by atoms with Gasteiger partial charge in [-0.2, -0.15) is 0 Å². The summed E-state index contributed by atoms with van der Waals surface area (Å²) in [6.07, 6.45) is 2.69. The summed E-state index contributed by atoms with van der Waals surface area (Å²) in [5.41, 5.74) is 0.0580. The number of rotatable bonds is 4. The average molecular weight is 241 g/mol. The fourth-order valence-electron chi connectivity index (χ4n) is 1.97. The maximum atomic E-state index is 13.8. The van der Waals surface area contributed by atoms with Gasteiger partial charge in [-0.15, -0.1) is 0 Å². The van der Waals surface area contributed by atoms with Gasteiger partial charge in [0.2, 0.25) is 0 Å². The first kappa shape index (κ1) is 12.4. The van der Waals surface area contributed by atoms with Crippen LogP contribution in [0.1, 0.15) is 12.0 Å². The Morgan fingerprint density at radius 2 is 1.88 bits per heavy atom. The molecule has 0 radical (unpaired) electrons. The Hall–Kier alpha value is -1.07. The molecule has 1 aromatic heterocycles. The minimum atomic E-state index is -2.76. The average Bonchev–Trinajstić information content (AvgIpc) is 2.39. The Labute approximate surface area is 99.8 Å². The summed E-state index contributed by atoms with van der Waals surface area (Å²) in [7, 11) is 0. The minimum Gasteiger partial charge on any atom is -0.314 e. The number of aromatic nitrogens is 1. The van der Waals surface area contributed by atoms with Crippen LogP contribution < -0.4 is 5.32 Å². The molecule has 2 rings (SSSR count). The van der Waals surface area contributed by atoms with Gasteiger partial charge in [-0.3, -0.25) is 4.98 Å². The number of alkyl halides is 2. The summed E-state index contributed by atoms with van der Waals surface area (Å²) in [6, 6.07) is 2.77. The van der Waals surface area contributed by atoms with E-state index in [1.165, 1.54) is 24.5 Å². The van der Waals surface area contributed by atoms with E-state index in [1.807, 2.05) is 0 Å². The van der Waals surface area contributed by atoms with Gasteiger partial charge in [-0.1, -0.05) is 0 Å². The van der Waals surface area contributed by atoms with Crippen molar-refractivity contribution in [1.82, 2.24) is 15.2 Å². The third-order valence-electron chi connectivity index (χ3n) is 3.05. The van der Waals surface area contributed by atoms with Crippen molar-refractivity contribution >= 4 is 0 Å². The Morgan fingerprint density at radius 1 is 1.24 bits per heavy atom. The van der Waals surface area contributed by atoms with Crippen molar-refractivity contribution in [3.8, 4) is 0 Å². The predicted octanol–water partition coefficient (Wildman–Crippen LogP) is 1.47. The summed E-state index contributed by atoms with van der Waals surface area (Å²) in [5, 5.41) is 3.21. The van der Waals surface area contributed by atoms with E-state index in [0.29, 0.717) is 6.54 Å². The lowest BCUT2D eigenvalue weighted by molar-refractivity contribution is -0.0227. The van der Waals surface area contributed by atoms with Crippen molar-refractivity contribution in [2.45, 2.75) is 12.3 Å². The molecule has 0 amide bonds. The molecule has 0 bridgehead atoms. The summed E-state index contributed by atoms with van der Waals surface area (Å²) in [5.74, 6) is -2.76. The standard InChI is InChI=1S/C12H17F2N3/c13-12(14,11-1-4-15-5-2-11)3-8-17-9-6-16-7-10-17/h1-2,4-5,16H,3,6-10H2. The van der Waals surface area contributed by atoms with Crippen LogP contribution in [0.5, 0.6) is 0 Å². The Morgan fingerprint density at radius 3 is 2.53 bits per heavy atom. The fourth-order valence-corrected chi connectivity index (χ4v) is 1.97. The molecule has 1 aromatic rings. The van der Waals surface area contributed by atoms with E-state index >= 15 is 0 Å². The Balaban J connectivity index is 1.88. The SMILES string of the molecule is FC(F)(CCN1CCNCC1)c1ccncc1. The molecule has 2 heterocycles. The van der Waals surface area contributed by atoms with Crippen LogP contribution in [0.2, 0.25) is 0 Å². The lowest BCUT2D eigenvalue weighted by Crippen LogP contribution is -2.44. The third-order valence-corrected chi connectivity index (χ3v) is 3.05. The first-order valence-corrected chi connectivity index (χ1v) is 5.90. The van der Waals surface area contributed by atoms with Gasteiger partial charge < -0.3 is 10.2 Å². The number of halogens is 2. The van der Waals surface area contributed by atoms with Crippen molar-refractivity contribution in [3.05, 3.63) is 30.1 Å². The highest BCUT2D eigenvalue weighted by Crippen LogP contribution is 2.31. The van der Waals surface area contributed by atoms with Crippen molar-refractivity contribution in [3.63, 3.8) is 0 Å². The van der Waals surface area contributed by atoms with Gasteiger partial charge >= 0.3 is 0 Å². The topological polar surface area (TPSA) is 28.2 Å². The molecule has 1 fully saturated rings. The quantitative estimate of drug-likeness (QED) is 0.865. The molecule has 0 spiro atoms. The number of hydrogen-bond donors (Lipinski definition) is 1. The van der Waals surface area contributed by atoms with Crippen LogP contribution in [0.25, 0.3) is 0 Å². The van der Waals surface area contributed by atoms with E-state index in [1.54, 1.807) is 0 Å². The van der Waals surface area contributed by atoms with E-state index in [2.05, 4.69) is 15.2 Å². The summed E-state index contributed by atoms with van der Waals surface area (Å²) < 4.78 is 27.7. The molecule has 0 unspecified atom stereocenters. The van der Waals surface area contributed by atoms with Crippen LogP contribution in [-0.2, 0) is 5.92 Å². The van der Waals surface area contributed by atoms with Gasteiger partial charge in [0.05, 0.1) is 0 Å². The van der Waals surface area contributed by atoms with Crippen molar-refractivity contribution in [2.24, 2.45) is 0 Å². The van der Waals surface area contributed by atoms with Crippen LogP contribution in [0.3, 0.4) is 0 Å². The van der Waals surface area contributed by atoms with Crippen molar-refractivity contribution in [1.29, 1.82) is 0 Å².